The molecule has 0 aliphatic carbocycles. The van der Waals surface area contributed by atoms with Gasteiger partial charge in [0.05, 0.1) is 12.0 Å². The average Bonchev–Trinajstić information content (AvgIpc) is 2.29. The van der Waals surface area contributed by atoms with Crippen LogP contribution in [0.3, 0.4) is 0 Å². The Morgan fingerprint density at radius 1 is 1.53 bits per heavy atom. The van der Waals surface area contributed by atoms with Crippen LogP contribution in [0.15, 0.2) is 18.2 Å². The highest BCUT2D eigenvalue weighted by molar-refractivity contribution is 5.74. The van der Waals surface area contributed by atoms with Gasteiger partial charge in [-0.2, -0.15) is 0 Å². The third-order valence-corrected chi connectivity index (χ3v) is 3.63. The molecule has 17 heavy (non-hydrogen) atoms. The van der Waals surface area contributed by atoms with E-state index in [1.54, 1.807) is 13.8 Å². The number of anilines is 1. The monoisotopic (exact) mass is 235 g/mol. The van der Waals surface area contributed by atoms with E-state index in [1.165, 1.54) is 0 Å². The Bertz CT molecular complexity index is 454. The summed E-state index contributed by atoms with van der Waals surface area (Å²) < 4.78 is 5.61. The number of carbonyl (C=O) groups is 1. The van der Waals surface area contributed by atoms with Gasteiger partial charge in [-0.15, -0.1) is 0 Å². The molecular weight excluding hydrogens is 218 g/mol. The van der Waals surface area contributed by atoms with Crippen LogP contribution in [-0.2, 0) is 11.2 Å². The molecule has 1 unspecified atom stereocenters. The van der Waals surface area contributed by atoms with Crippen LogP contribution < -0.4 is 10.5 Å². The molecule has 0 fully saturated rings. The zero-order chi connectivity index (χ0) is 12.6. The molecule has 0 radical (unpaired) electrons. The summed E-state index contributed by atoms with van der Waals surface area (Å²) in [4.78, 5) is 11.2. The van der Waals surface area contributed by atoms with Gasteiger partial charge in [0.25, 0.3) is 0 Å². The fourth-order valence-electron chi connectivity index (χ4n) is 2.07. The van der Waals surface area contributed by atoms with E-state index in [1.807, 2.05) is 18.2 Å². The number of hydrogen-bond donors (Lipinski definition) is 2. The molecule has 0 amide bonds. The maximum absolute atomic E-state index is 11.2. The van der Waals surface area contributed by atoms with Crippen molar-refractivity contribution in [1.82, 2.24) is 0 Å². The fourth-order valence-corrected chi connectivity index (χ4v) is 2.07. The molecule has 0 spiro atoms. The molecule has 1 aromatic rings. The lowest BCUT2D eigenvalue weighted by molar-refractivity contribution is -0.151. The number of carboxylic acids is 1. The first-order valence-electron chi connectivity index (χ1n) is 5.66. The molecule has 0 saturated heterocycles. The lowest BCUT2D eigenvalue weighted by Crippen LogP contribution is -2.39. The van der Waals surface area contributed by atoms with Crippen LogP contribution in [0.4, 0.5) is 5.69 Å². The van der Waals surface area contributed by atoms with Crippen molar-refractivity contribution >= 4 is 11.7 Å². The molecule has 92 valence electrons. The van der Waals surface area contributed by atoms with Crippen molar-refractivity contribution in [1.29, 1.82) is 0 Å². The molecule has 4 heteroatoms. The first-order chi connectivity index (χ1) is 7.93. The fraction of sp³-hybridized carbons (Fsp3) is 0.462. The summed E-state index contributed by atoms with van der Waals surface area (Å²) in [6, 6.07) is 5.53. The number of benzene rings is 1. The van der Waals surface area contributed by atoms with Gasteiger partial charge in [-0.3, -0.25) is 4.79 Å². The Morgan fingerprint density at radius 2 is 2.24 bits per heavy atom. The predicted octanol–water partition coefficient (Wildman–Crippen LogP) is 1.93. The number of ether oxygens (including phenoxy) is 1. The summed E-state index contributed by atoms with van der Waals surface area (Å²) in [5.74, 6) is -0.0799. The number of nitrogen functional groups attached to an aromatic ring is 1. The summed E-state index contributed by atoms with van der Waals surface area (Å²) >= 11 is 0. The smallest absolute Gasteiger partial charge is 0.309 e. The largest absolute Gasteiger partial charge is 0.493 e. The van der Waals surface area contributed by atoms with E-state index in [2.05, 4.69) is 0 Å². The number of hydrogen-bond acceptors (Lipinski definition) is 3. The van der Waals surface area contributed by atoms with Crippen molar-refractivity contribution in [3.8, 4) is 5.75 Å². The highest BCUT2D eigenvalue weighted by atomic mass is 16.5. The SMILES string of the molecule is CC(C)(C(=O)O)C1COc2cccc(N)c2C1. The Kier molecular flexibility index (Phi) is 2.73. The van der Waals surface area contributed by atoms with Gasteiger partial charge in [0.15, 0.2) is 0 Å². The first-order valence-corrected chi connectivity index (χ1v) is 5.66. The Balaban J connectivity index is 2.30. The maximum atomic E-state index is 11.2. The number of fused-ring (bicyclic) bond motifs is 1. The number of rotatable bonds is 2. The summed E-state index contributed by atoms with van der Waals surface area (Å²) in [7, 11) is 0. The van der Waals surface area contributed by atoms with Gasteiger partial charge < -0.3 is 15.6 Å². The van der Waals surface area contributed by atoms with E-state index in [0.29, 0.717) is 18.7 Å². The van der Waals surface area contributed by atoms with Crippen molar-refractivity contribution in [3.63, 3.8) is 0 Å². The van der Waals surface area contributed by atoms with E-state index in [4.69, 9.17) is 10.5 Å². The molecule has 3 N–H and O–H groups in total. The van der Waals surface area contributed by atoms with Gasteiger partial charge in [0, 0.05) is 17.2 Å². The second kappa shape index (κ2) is 3.95. The molecule has 4 nitrogen and oxygen atoms in total. The molecule has 0 bridgehead atoms. The number of nitrogens with two attached hydrogens (primary N) is 1. The summed E-state index contributed by atoms with van der Waals surface area (Å²) in [5.41, 5.74) is 6.69. The minimum Gasteiger partial charge on any atom is -0.493 e. The molecule has 1 aromatic carbocycles. The van der Waals surface area contributed by atoms with E-state index in [-0.39, 0.29) is 5.92 Å². The minimum atomic E-state index is -0.806. The van der Waals surface area contributed by atoms with Gasteiger partial charge in [0.1, 0.15) is 5.75 Å². The Labute approximate surface area is 100 Å². The lowest BCUT2D eigenvalue weighted by atomic mass is 9.75. The van der Waals surface area contributed by atoms with Crippen LogP contribution in [0.2, 0.25) is 0 Å². The molecular formula is C13H17NO3. The second-order valence-electron chi connectivity index (χ2n) is 5.06. The molecule has 2 rings (SSSR count). The zero-order valence-electron chi connectivity index (χ0n) is 10.1. The minimum absolute atomic E-state index is 0.0581. The Hall–Kier alpha value is -1.71. The van der Waals surface area contributed by atoms with E-state index in [0.717, 1.165) is 11.3 Å². The molecule has 1 heterocycles. The topological polar surface area (TPSA) is 72.5 Å². The van der Waals surface area contributed by atoms with Crippen LogP contribution in [0.25, 0.3) is 0 Å². The van der Waals surface area contributed by atoms with E-state index >= 15 is 0 Å². The summed E-state index contributed by atoms with van der Waals surface area (Å²) in [6.45, 7) is 3.89. The predicted molar refractivity (Wildman–Crippen MR) is 65.0 cm³/mol. The van der Waals surface area contributed by atoms with E-state index < -0.39 is 11.4 Å². The third-order valence-electron chi connectivity index (χ3n) is 3.63. The first kappa shape index (κ1) is 11.8. The zero-order valence-corrected chi connectivity index (χ0v) is 10.1. The van der Waals surface area contributed by atoms with E-state index in [9.17, 15) is 9.90 Å². The van der Waals surface area contributed by atoms with Crippen molar-refractivity contribution < 1.29 is 14.6 Å². The van der Waals surface area contributed by atoms with Crippen LogP contribution in [0.5, 0.6) is 5.75 Å². The molecule has 0 aromatic heterocycles. The van der Waals surface area contributed by atoms with Gasteiger partial charge in [-0.25, -0.2) is 0 Å². The van der Waals surface area contributed by atoms with Gasteiger partial charge in [-0.1, -0.05) is 6.07 Å². The molecule has 1 atom stereocenters. The molecule has 1 aliphatic rings. The molecule has 0 saturated carbocycles. The van der Waals surface area contributed by atoms with Crippen LogP contribution in [0, 0.1) is 11.3 Å². The summed E-state index contributed by atoms with van der Waals surface area (Å²) in [6.07, 6.45) is 0.654. The van der Waals surface area contributed by atoms with Crippen LogP contribution in [-0.4, -0.2) is 17.7 Å². The second-order valence-corrected chi connectivity index (χ2v) is 5.06. The number of carboxylic acid groups (broad SMARTS) is 1. The molecule has 1 aliphatic heterocycles. The highest BCUT2D eigenvalue weighted by Crippen LogP contribution is 2.38. The van der Waals surface area contributed by atoms with Crippen LogP contribution >= 0.6 is 0 Å². The van der Waals surface area contributed by atoms with Crippen LogP contribution in [0.1, 0.15) is 19.4 Å². The Morgan fingerprint density at radius 3 is 2.88 bits per heavy atom. The maximum Gasteiger partial charge on any atom is 0.309 e. The number of aliphatic carboxylic acids is 1. The van der Waals surface area contributed by atoms with Crippen molar-refractivity contribution in [2.24, 2.45) is 11.3 Å². The summed E-state index contributed by atoms with van der Waals surface area (Å²) in [5, 5.41) is 9.22. The van der Waals surface area contributed by atoms with Crippen molar-refractivity contribution in [2.75, 3.05) is 12.3 Å². The average molecular weight is 235 g/mol. The van der Waals surface area contributed by atoms with Gasteiger partial charge in [-0.05, 0) is 32.4 Å². The third kappa shape index (κ3) is 1.95. The van der Waals surface area contributed by atoms with Crippen molar-refractivity contribution in [2.45, 2.75) is 20.3 Å². The standard InChI is InChI=1S/C13H17NO3/c1-13(2,12(15)16)8-6-9-10(14)4-3-5-11(9)17-7-8/h3-5,8H,6-7,14H2,1-2H3,(H,15,16). The quantitative estimate of drug-likeness (QED) is 0.768. The normalized spacial score (nSPS) is 19.3. The highest BCUT2D eigenvalue weighted by Gasteiger charge is 2.39. The van der Waals surface area contributed by atoms with Gasteiger partial charge >= 0.3 is 5.97 Å². The van der Waals surface area contributed by atoms with Crippen molar-refractivity contribution in [3.05, 3.63) is 23.8 Å². The van der Waals surface area contributed by atoms with Gasteiger partial charge in [0.2, 0.25) is 0 Å². The lowest BCUT2D eigenvalue weighted by Gasteiger charge is -2.34.